The van der Waals surface area contributed by atoms with E-state index in [1.807, 2.05) is 0 Å². The maximum Gasteiger partial charge on any atom is 0.0776 e. The van der Waals surface area contributed by atoms with E-state index in [0.29, 0.717) is 0 Å². The van der Waals surface area contributed by atoms with Gasteiger partial charge < -0.3 is 0 Å². The summed E-state index contributed by atoms with van der Waals surface area (Å²) in [7, 11) is -1.39. The number of benzene rings is 3. The highest BCUT2D eigenvalue weighted by atomic mass is 28.3. The van der Waals surface area contributed by atoms with Gasteiger partial charge in [0.25, 0.3) is 0 Å². The van der Waals surface area contributed by atoms with E-state index in [9.17, 15) is 0 Å². The highest BCUT2D eigenvalue weighted by Gasteiger charge is 2.18. The van der Waals surface area contributed by atoms with E-state index < -0.39 is 8.07 Å². The second-order valence-electron chi connectivity index (χ2n) is 8.78. The fourth-order valence-electron chi connectivity index (χ4n) is 3.82. The molecule has 140 valence electrons. The molecule has 0 aliphatic heterocycles. The van der Waals surface area contributed by atoms with Crippen molar-refractivity contribution in [3.63, 3.8) is 0 Å². The van der Waals surface area contributed by atoms with E-state index in [1.165, 1.54) is 38.4 Å². The summed E-state index contributed by atoms with van der Waals surface area (Å²) in [5.41, 5.74) is 8.34. The van der Waals surface area contributed by atoms with Gasteiger partial charge in [0, 0.05) is 10.9 Å². The average Bonchev–Trinajstić information content (AvgIpc) is 2.66. The lowest BCUT2D eigenvalue weighted by atomic mass is 9.97. The summed E-state index contributed by atoms with van der Waals surface area (Å²) in [5, 5.41) is 2.72. The van der Waals surface area contributed by atoms with Crippen molar-refractivity contribution >= 4 is 24.2 Å². The van der Waals surface area contributed by atoms with Gasteiger partial charge in [-0.25, -0.2) is 4.98 Å². The van der Waals surface area contributed by atoms with E-state index in [0.717, 1.165) is 11.2 Å². The van der Waals surface area contributed by atoms with Crippen LogP contribution < -0.4 is 5.19 Å². The predicted octanol–water partition coefficient (Wildman–Crippen LogP) is 6.73. The average molecular weight is 382 g/mol. The molecule has 2 heteroatoms. The molecule has 0 atom stereocenters. The molecule has 0 spiro atoms. The van der Waals surface area contributed by atoms with Gasteiger partial charge in [0.1, 0.15) is 0 Å². The van der Waals surface area contributed by atoms with Gasteiger partial charge in [0.05, 0.1) is 19.3 Å². The van der Waals surface area contributed by atoms with Crippen LogP contribution in [-0.2, 0) is 0 Å². The van der Waals surface area contributed by atoms with Crippen LogP contribution in [0.4, 0.5) is 0 Å². The van der Waals surface area contributed by atoms with Gasteiger partial charge in [0.15, 0.2) is 0 Å². The van der Waals surface area contributed by atoms with Crippen LogP contribution in [-0.4, -0.2) is 13.1 Å². The Balaban J connectivity index is 2.02. The third-order valence-electron chi connectivity index (χ3n) is 5.28. The number of aryl methyl sites for hydroxylation is 2. The highest BCUT2D eigenvalue weighted by Crippen LogP contribution is 2.32. The molecule has 0 saturated carbocycles. The minimum Gasteiger partial charge on any atom is -0.248 e. The van der Waals surface area contributed by atoms with Crippen molar-refractivity contribution in [2.75, 3.05) is 0 Å². The van der Waals surface area contributed by atoms with Gasteiger partial charge in [-0.15, -0.1) is 0 Å². The number of hydrogen-bond donors (Lipinski definition) is 0. The summed E-state index contributed by atoms with van der Waals surface area (Å²) >= 11 is 0. The largest absolute Gasteiger partial charge is 0.248 e. The second-order valence-corrected chi connectivity index (χ2v) is 13.9. The van der Waals surface area contributed by atoms with Gasteiger partial charge in [-0.3, -0.25) is 0 Å². The van der Waals surface area contributed by atoms with Crippen molar-refractivity contribution in [1.82, 2.24) is 4.98 Å². The molecule has 1 aromatic heterocycles. The lowest BCUT2D eigenvalue weighted by Gasteiger charge is -2.19. The predicted molar refractivity (Wildman–Crippen MR) is 125 cm³/mol. The third kappa shape index (κ3) is 3.65. The summed E-state index contributed by atoms with van der Waals surface area (Å²) in [6, 6.07) is 26.5. The normalized spacial score (nSPS) is 11.8. The number of rotatable bonds is 3. The Hall–Kier alpha value is -2.71. The van der Waals surface area contributed by atoms with Crippen LogP contribution in [0.2, 0.25) is 19.6 Å². The lowest BCUT2D eigenvalue weighted by molar-refractivity contribution is 1.34. The van der Waals surface area contributed by atoms with Crippen LogP contribution in [0, 0.1) is 13.8 Å². The molecule has 0 saturated heterocycles. The van der Waals surface area contributed by atoms with Crippen molar-refractivity contribution in [3.05, 3.63) is 83.9 Å². The molecule has 28 heavy (non-hydrogen) atoms. The monoisotopic (exact) mass is 381 g/mol. The van der Waals surface area contributed by atoms with Crippen LogP contribution in [0.25, 0.3) is 33.3 Å². The molecule has 1 heterocycles. The van der Waals surface area contributed by atoms with E-state index in [1.54, 1.807) is 0 Å². The first-order valence-corrected chi connectivity index (χ1v) is 13.4. The first-order chi connectivity index (χ1) is 13.3. The Labute approximate surface area is 169 Å². The van der Waals surface area contributed by atoms with Crippen LogP contribution in [0.1, 0.15) is 11.1 Å². The Morgan fingerprint density at radius 2 is 1.36 bits per heavy atom. The van der Waals surface area contributed by atoms with E-state index in [2.05, 4.69) is 106 Å². The van der Waals surface area contributed by atoms with Crippen LogP contribution in [0.5, 0.6) is 0 Å². The van der Waals surface area contributed by atoms with Gasteiger partial charge in [-0.1, -0.05) is 84.5 Å². The molecular formula is C26H27NSi. The maximum absolute atomic E-state index is 5.05. The highest BCUT2D eigenvalue weighted by molar-refractivity contribution is 6.88. The van der Waals surface area contributed by atoms with Crippen LogP contribution >= 0.6 is 0 Å². The van der Waals surface area contributed by atoms with Crippen molar-refractivity contribution in [2.45, 2.75) is 33.5 Å². The molecule has 0 aliphatic carbocycles. The summed E-state index contributed by atoms with van der Waals surface area (Å²) in [6.07, 6.45) is 0. The molecule has 1 nitrogen and oxygen atoms in total. The van der Waals surface area contributed by atoms with E-state index in [4.69, 9.17) is 4.98 Å². The summed E-state index contributed by atoms with van der Waals surface area (Å²) in [6.45, 7) is 11.5. The molecule has 3 aromatic carbocycles. The van der Waals surface area contributed by atoms with E-state index in [-0.39, 0.29) is 0 Å². The summed E-state index contributed by atoms with van der Waals surface area (Å²) in [5.74, 6) is 0. The number of pyridine rings is 1. The molecule has 0 N–H and O–H groups in total. The molecular weight excluding hydrogens is 354 g/mol. The molecule has 0 unspecified atom stereocenters. The van der Waals surface area contributed by atoms with Gasteiger partial charge in [-0.2, -0.15) is 0 Å². The first kappa shape index (κ1) is 18.6. The Kier molecular flexibility index (Phi) is 4.68. The second kappa shape index (κ2) is 7.03. The third-order valence-corrected chi connectivity index (χ3v) is 7.32. The Morgan fingerprint density at radius 1 is 0.679 bits per heavy atom. The maximum atomic E-state index is 5.05. The number of aromatic nitrogens is 1. The van der Waals surface area contributed by atoms with Crippen molar-refractivity contribution in [1.29, 1.82) is 0 Å². The van der Waals surface area contributed by atoms with E-state index >= 15 is 0 Å². The van der Waals surface area contributed by atoms with Crippen LogP contribution in [0.15, 0.2) is 72.8 Å². The minimum absolute atomic E-state index is 1.04. The topological polar surface area (TPSA) is 12.9 Å². The molecule has 0 amide bonds. The lowest BCUT2D eigenvalue weighted by Crippen LogP contribution is -2.37. The fourth-order valence-corrected chi connectivity index (χ4v) is 4.98. The summed E-state index contributed by atoms with van der Waals surface area (Å²) < 4.78 is 0. The molecule has 0 bridgehead atoms. The Morgan fingerprint density at radius 3 is 2.00 bits per heavy atom. The molecule has 4 rings (SSSR count). The van der Waals surface area contributed by atoms with Crippen LogP contribution in [0.3, 0.4) is 0 Å². The minimum atomic E-state index is -1.39. The smallest absolute Gasteiger partial charge is 0.0776 e. The Bertz CT molecular complexity index is 1130. The van der Waals surface area contributed by atoms with Gasteiger partial charge in [-0.05, 0) is 49.2 Å². The quantitative estimate of drug-likeness (QED) is 0.358. The molecule has 0 fully saturated rings. The molecule has 0 aliphatic rings. The fraction of sp³-hybridized carbons (Fsp3) is 0.192. The zero-order valence-corrected chi connectivity index (χ0v) is 18.4. The number of nitrogens with zero attached hydrogens (tertiary/aromatic N) is 1. The standard InChI is InChI=1S/C26H27NSi/c1-18-13-19(2)15-21(14-18)26-17-23(20-9-7-6-8-10-20)24-16-22(28(3,4)5)11-12-25(24)27-26/h6-17H,1-5H3. The van der Waals surface area contributed by atoms with Crippen molar-refractivity contribution in [2.24, 2.45) is 0 Å². The molecule has 0 radical (unpaired) electrons. The number of hydrogen-bond acceptors (Lipinski definition) is 1. The zero-order valence-electron chi connectivity index (χ0n) is 17.4. The molecule has 4 aromatic rings. The SMILES string of the molecule is Cc1cc(C)cc(-c2cc(-c3ccccc3)c3cc([Si](C)(C)C)ccc3n2)c1. The van der Waals surface area contributed by atoms with Gasteiger partial charge in [0.2, 0.25) is 0 Å². The van der Waals surface area contributed by atoms with Crippen molar-refractivity contribution in [3.8, 4) is 22.4 Å². The van der Waals surface area contributed by atoms with Gasteiger partial charge >= 0.3 is 0 Å². The zero-order chi connectivity index (χ0) is 19.9. The van der Waals surface area contributed by atoms with Crippen molar-refractivity contribution < 1.29 is 0 Å². The summed E-state index contributed by atoms with van der Waals surface area (Å²) in [4.78, 5) is 5.05. The number of fused-ring (bicyclic) bond motifs is 1. The first-order valence-electron chi connectivity index (χ1n) is 9.91.